The minimum Gasteiger partial charge on any atom is -0.393 e. The lowest BCUT2D eigenvalue weighted by molar-refractivity contribution is -0.132. The average molecular weight is 228 g/mol. The van der Waals surface area contributed by atoms with Gasteiger partial charge in [-0.3, -0.25) is 4.79 Å². The average Bonchev–Trinajstić information content (AvgIpc) is 2.17. The van der Waals surface area contributed by atoms with Crippen LogP contribution in [0.2, 0.25) is 0 Å². The van der Waals surface area contributed by atoms with Gasteiger partial charge in [0.2, 0.25) is 5.91 Å². The van der Waals surface area contributed by atoms with E-state index in [4.69, 9.17) is 0 Å². The van der Waals surface area contributed by atoms with Crippen LogP contribution in [0.3, 0.4) is 0 Å². The van der Waals surface area contributed by atoms with Crippen molar-refractivity contribution < 1.29 is 9.90 Å². The summed E-state index contributed by atoms with van der Waals surface area (Å²) in [6.45, 7) is 7.53. The fourth-order valence-corrected chi connectivity index (χ4v) is 2.17. The molecule has 16 heavy (non-hydrogen) atoms. The molecule has 1 rings (SSSR count). The van der Waals surface area contributed by atoms with Gasteiger partial charge in [0.25, 0.3) is 0 Å². The van der Waals surface area contributed by atoms with E-state index in [-0.39, 0.29) is 23.5 Å². The van der Waals surface area contributed by atoms with Gasteiger partial charge in [-0.2, -0.15) is 0 Å². The molecule has 0 radical (unpaired) electrons. The number of aliphatic hydroxyl groups excluding tert-OH is 1. The van der Waals surface area contributed by atoms with E-state index in [1.165, 1.54) is 0 Å². The first-order chi connectivity index (χ1) is 7.44. The summed E-state index contributed by atoms with van der Waals surface area (Å²) in [4.78, 5) is 12.1. The van der Waals surface area contributed by atoms with E-state index < -0.39 is 0 Å². The van der Waals surface area contributed by atoms with Crippen LogP contribution in [-0.4, -0.2) is 36.2 Å². The van der Waals surface area contributed by atoms with Crippen molar-refractivity contribution in [1.82, 2.24) is 10.6 Å². The molecule has 3 N–H and O–H groups in total. The number of nitrogens with one attached hydrogen (secondary N) is 2. The molecule has 4 heteroatoms. The maximum atomic E-state index is 12.1. The van der Waals surface area contributed by atoms with Crippen molar-refractivity contribution in [3.8, 4) is 0 Å². The molecule has 4 nitrogen and oxygen atoms in total. The number of hydrogen-bond donors (Lipinski definition) is 3. The fourth-order valence-electron chi connectivity index (χ4n) is 2.17. The van der Waals surface area contributed by atoms with Gasteiger partial charge in [-0.1, -0.05) is 6.92 Å². The number of aliphatic hydroxyl groups is 1. The first kappa shape index (κ1) is 13.5. The van der Waals surface area contributed by atoms with Crippen LogP contribution >= 0.6 is 0 Å². The van der Waals surface area contributed by atoms with E-state index >= 15 is 0 Å². The van der Waals surface area contributed by atoms with Gasteiger partial charge >= 0.3 is 0 Å². The van der Waals surface area contributed by atoms with Gasteiger partial charge in [-0.05, 0) is 46.2 Å². The van der Waals surface area contributed by atoms with Crippen LogP contribution in [0.4, 0.5) is 0 Å². The number of amides is 1. The highest BCUT2D eigenvalue weighted by Gasteiger charge is 2.34. The lowest BCUT2D eigenvalue weighted by Gasteiger charge is -2.33. The van der Waals surface area contributed by atoms with Gasteiger partial charge in [-0.25, -0.2) is 0 Å². The van der Waals surface area contributed by atoms with Crippen LogP contribution in [0, 0.1) is 5.41 Å². The zero-order chi connectivity index (χ0) is 12.2. The lowest BCUT2D eigenvalue weighted by Crippen LogP contribution is -2.48. The second kappa shape index (κ2) is 5.64. The molecule has 1 fully saturated rings. The molecular formula is C12H24N2O2. The molecule has 2 unspecified atom stereocenters. The third-order valence-electron chi connectivity index (χ3n) is 3.33. The predicted molar refractivity (Wildman–Crippen MR) is 64.1 cm³/mol. The first-order valence-corrected chi connectivity index (χ1v) is 6.14. The van der Waals surface area contributed by atoms with Crippen LogP contribution in [0.1, 0.15) is 40.0 Å². The van der Waals surface area contributed by atoms with E-state index in [0.717, 1.165) is 25.9 Å². The Morgan fingerprint density at radius 1 is 1.44 bits per heavy atom. The van der Waals surface area contributed by atoms with E-state index in [0.29, 0.717) is 6.42 Å². The second-order valence-electron chi connectivity index (χ2n) is 5.27. The summed E-state index contributed by atoms with van der Waals surface area (Å²) in [5.74, 6) is 0.127. The third-order valence-corrected chi connectivity index (χ3v) is 3.33. The molecule has 0 aliphatic carbocycles. The van der Waals surface area contributed by atoms with E-state index in [2.05, 4.69) is 10.6 Å². The molecule has 94 valence electrons. The predicted octanol–water partition coefficient (Wildman–Crippen LogP) is 0.652. The van der Waals surface area contributed by atoms with Gasteiger partial charge in [0.05, 0.1) is 6.10 Å². The summed E-state index contributed by atoms with van der Waals surface area (Å²) < 4.78 is 0. The number of carbonyl (C=O) groups excluding carboxylic acids is 1. The Labute approximate surface area is 97.8 Å². The fraction of sp³-hybridized carbons (Fsp3) is 0.917. The summed E-state index contributed by atoms with van der Waals surface area (Å²) in [6.07, 6.45) is 2.02. The Morgan fingerprint density at radius 3 is 2.50 bits per heavy atom. The van der Waals surface area contributed by atoms with Gasteiger partial charge in [0, 0.05) is 11.5 Å². The van der Waals surface area contributed by atoms with Crippen molar-refractivity contribution >= 4 is 5.91 Å². The van der Waals surface area contributed by atoms with Crippen molar-refractivity contribution in [3.05, 3.63) is 0 Å². The molecular weight excluding hydrogens is 204 g/mol. The van der Waals surface area contributed by atoms with Crippen LogP contribution < -0.4 is 10.6 Å². The van der Waals surface area contributed by atoms with Crippen LogP contribution in [0.15, 0.2) is 0 Å². The largest absolute Gasteiger partial charge is 0.393 e. The molecule has 0 spiro atoms. The van der Waals surface area contributed by atoms with E-state index in [1.54, 1.807) is 6.92 Å². The molecule has 0 aromatic carbocycles. The van der Waals surface area contributed by atoms with Gasteiger partial charge in [-0.15, -0.1) is 0 Å². The highest BCUT2D eigenvalue weighted by Crippen LogP contribution is 2.28. The Bertz CT molecular complexity index is 235. The first-order valence-electron chi connectivity index (χ1n) is 6.14. The summed E-state index contributed by atoms with van der Waals surface area (Å²) in [7, 11) is 0. The molecule has 0 aromatic rings. The standard InChI is InChI=1S/C12H24N2O2/c1-9(8-10(2)15)14-11(16)12(3)4-6-13-7-5-12/h9-10,13,15H,4-8H2,1-3H3,(H,14,16). The minimum absolute atomic E-state index is 0.0409. The molecule has 1 saturated heterocycles. The van der Waals surface area contributed by atoms with Gasteiger partial charge in [0.15, 0.2) is 0 Å². The quantitative estimate of drug-likeness (QED) is 0.662. The van der Waals surface area contributed by atoms with E-state index in [1.807, 2.05) is 13.8 Å². The number of piperidine rings is 1. The third kappa shape index (κ3) is 3.76. The van der Waals surface area contributed by atoms with Gasteiger partial charge < -0.3 is 15.7 Å². The zero-order valence-electron chi connectivity index (χ0n) is 10.5. The molecule has 2 atom stereocenters. The molecule has 0 bridgehead atoms. The maximum absolute atomic E-state index is 12.1. The summed E-state index contributed by atoms with van der Waals surface area (Å²) >= 11 is 0. The number of hydrogen-bond acceptors (Lipinski definition) is 3. The molecule has 0 aromatic heterocycles. The maximum Gasteiger partial charge on any atom is 0.226 e. The molecule has 0 saturated carbocycles. The van der Waals surface area contributed by atoms with Crippen molar-refractivity contribution in [3.63, 3.8) is 0 Å². The summed E-state index contributed by atoms with van der Waals surface area (Å²) in [6, 6.07) is 0.0409. The molecule has 1 aliphatic rings. The van der Waals surface area contributed by atoms with Crippen molar-refractivity contribution in [1.29, 1.82) is 0 Å². The highest BCUT2D eigenvalue weighted by molar-refractivity contribution is 5.82. The lowest BCUT2D eigenvalue weighted by atomic mass is 9.80. The summed E-state index contributed by atoms with van der Waals surface area (Å²) in [5.41, 5.74) is -0.238. The Morgan fingerprint density at radius 2 is 2.00 bits per heavy atom. The second-order valence-corrected chi connectivity index (χ2v) is 5.27. The SMILES string of the molecule is CC(O)CC(C)NC(=O)C1(C)CCNCC1. The van der Waals surface area contributed by atoms with Crippen molar-refractivity contribution in [2.45, 2.75) is 52.2 Å². The Balaban J connectivity index is 2.44. The van der Waals surface area contributed by atoms with Gasteiger partial charge in [0.1, 0.15) is 0 Å². The monoisotopic (exact) mass is 228 g/mol. The number of rotatable bonds is 4. The Hall–Kier alpha value is -0.610. The summed E-state index contributed by atoms with van der Waals surface area (Å²) in [5, 5.41) is 15.5. The van der Waals surface area contributed by atoms with Crippen LogP contribution in [-0.2, 0) is 4.79 Å². The normalized spacial score (nSPS) is 23.5. The van der Waals surface area contributed by atoms with Crippen LogP contribution in [0.25, 0.3) is 0 Å². The van der Waals surface area contributed by atoms with Crippen molar-refractivity contribution in [2.75, 3.05) is 13.1 Å². The van der Waals surface area contributed by atoms with Crippen LogP contribution in [0.5, 0.6) is 0 Å². The minimum atomic E-state index is -0.365. The smallest absolute Gasteiger partial charge is 0.226 e. The zero-order valence-corrected chi connectivity index (χ0v) is 10.5. The van der Waals surface area contributed by atoms with Crippen molar-refractivity contribution in [2.24, 2.45) is 5.41 Å². The molecule has 1 heterocycles. The molecule has 1 aliphatic heterocycles. The molecule has 1 amide bonds. The highest BCUT2D eigenvalue weighted by atomic mass is 16.3. The Kier molecular flexibility index (Phi) is 4.74. The topological polar surface area (TPSA) is 61.4 Å². The van der Waals surface area contributed by atoms with E-state index in [9.17, 15) is 9.90 Å². The number of carbonyl (C=O) groups is 1.